The fourth-order valence-electron chi connectivity index (χ4n) is 4.76. The largest absolute Gasteiger partial charge is 0.268 e. The van der Waals surface area contributed by atoms with Gasteiger partial charge in [-0.3, -0.25) is 19.2 Å². The zero-order chi connectivity index (χ0) is 25.1. The zero-order valence-corrected chi connectivity index (χ0v) is 18.4. The second-order valence-electron chi connectivity index (χ2n) is 8.26. The third kappa shape index (κ3) is 2.73. The number of amides is 4. The van der Waals surface area contributed by atoms with Gasteiger partial charge in [0.1, 0.15) is 0 Å². The van der Waals surface area contributed by atoms with Crippen LogP contribution in [-0.2, 0) is 0 Å². The highest BCUT2D eigenvalue weighted by Gasteiger charge is 2.40. The Morgan fingerprint density at radius 2 is 1.08 bits per heavy atom. The molecule has 36 heavy (non-hydrogen) atoms. The number of anilines is 2. The Morgan fingerprint density at radius 1 is 0.639 bits per heavy atom. The van der Waals surface area contributed by atoms with Gasteiger partial charge in [-0.2, -0.15) is 5.26 Å². The molecule has 0 aliphatic carbocycles. The zero-order valence-electron chi connectivity index (χ0n) is 18.4. The van der Waals surface area contributed by atoms with E-state index in [4.69, 9.17) is 6.57 Å². The Morgan fingerprint density at radius 3 is 1.53 bits per heavy atom. The van der Waals surface area contributed by atoms with Crippen LogP contribution in [0.15, 0.2) is 72.8 Å². The molecule has 2 heterocycles. The normalized spacial score (nSPS) is 14.2. The first-order valence-electron chi connectivity index (χ1n) is 10.8. The molecule has 0 aromatic heterocycles. The smallest absolute Gasteiger partial charge is 0.265 e. The summed E-state index contributed by atoms with van der Waals surface area (Å²) in [5, 5.41) is 9.74. The first-order valence-corrected chi connectivity index (χ1v) is 10.8. The molecular weight excluding hydrogens is 456 g/mol. The van der Waals surface area contributed by atoms with Gasteiger partial charge in [0.2, 0.25) is 0 Å². The molecular formula is C28H12N4O4. The van der Waals surface area contributed by atoms with Crippen molar-refractivity contribution in [1.29, 1.82) is 5.26 Å². The molecule has 2 aliphatic heterocycles. The van der Waals surface area contributed by atoms with Crippen LogP contribution in [0.25, 0.3) is 15.6 Å². The molecule has 0 bridgehead atoms. The molecule has 8 heteroatoms. The number of nitrogens with zero attached hydrogens (tertiary/aromatic N) is 4. The summed E-state index contributed by atoms with van der Waals surface area (Å²) in [6, 6.07) is 20.2. The standard InChI is InChI=1S/C28H12N4O4/c1-30-16-5-3-7-18(13-16)32-27(35)21-10-8-19-23-20(9-11-22(24(21)23)28(32)36)26(34)31(25(19)33)17-6-2-4-15(12-17)14-29/h2-13H. The van der Waals surface area contributed by atoms with Gasteiger partial charge in [0.05, 0.1) is 23.9 Å². The highest BCUT2D eigenvalue weighted by Crippen LogP contribution is 2.40. The van der Waals surface area contributed by atoms with Crippen LogP contribution in [-0.4, -0.2) is 23.6 Å². The highest BCUT2D eigenvalue weighted by atomic mass is 16.2. The van der Waals surface area contributed by atoms with Crippen molar-refractivity contribution in [2.45, 2.75) is 0 Å². The van der Waals surface area contributed by atoms with Crippen molar-refractivity contribution in [2.24, 2.45) is 0 Å². The van der Waals surface area contributed by atoms with E-state index in [-0.39, 0.29) is 50.1 Å². The van der Waals surface area contributed by atoms with Gasteiger partial charge >= 0.3 is 0 Å². The quantitative estimate of drug-likeness (QED) is 0.309. The number of imide groups is 2. The van der Waals surface area contributed by atoms with E-state index in [2.05, 4.69) is 4.85 Å². The number of carbonyl (C=O) groups excluding carboxylic acids is 4. The topological polar surface area (TPSA) is 103 Å². The Hall–Kier alpha value is -5.60. The van der Waals surface area contributed by atoms with Gasteiger partial charge in [0.15, 0.2) is 5.69 Å². The van der Waals surface area contributed by atoms with Gasteiger partial charge in [-0.05, 0) is 54.6 Å². The van der Waals surface area contributed by atoms with Crippen LogP contribution < -0.4 is 9.80 Å². The van der Waals surface area contributed by atoms with Crippen molar-refractivity contribution in [3.8, 4) is 6.07 Å². The van der Waals surface area contributed by atoms with Crippen LogP contribution >= 0.6 is 0 Å². The summed E-state index contributed by atoms with van der Waals surface area (Å²) in [6.07, 6.45) is 0. The van der Waals surface area contributed by atoms with Crippen molar-refractivity contribution < 1.29 is 19.2 Å². The number of hydrogen-bond donors (Lipinski definition) is 0. The first-order chi connectivity index (χ1) is 17.4. The molecule has 0 atom stereocenters. The van der Waals surface area contributed by atoms with Gasteiger partial charge in [-0.15, -0.1) is 0 Å². The van der Waals surface area contributed by atoms with E-state index < -0.39 is 23.6 Å². The number of rotatable bonds is 2. The molecule has 8 nitrogen and oxygen atoms in total. The van der Waals surface area contributed by atoms with E-state index in [1.807, 2.05) is 6.07 Å². The van der Waals surface area contributed by atoms with E-state index in [9.17, 15) is 24.4 Å². The van der Waals surface area contributed by atoms with Gasteiger partial charge < -0.3 is 0 Å². The lowest BCUT2D eigenvalue weighted by Crippen LogP contribution is -2.43. The summed E-state index contributed by atoms with van der Waals surface area (Å²) < 4.78 is 0. The summed E-state index contributed by atoms with van der Waals surface area (Å²) in [5.41, 5.74) is 1.80. The second-order valence-corrected chi connectivity index (χ2v) is 8.26. The predicted molar refractivity (Wildman–Crippen MR) is 130 cm³/mol. The van der Waals surface area contributed by atoms with Gasteiger partial charge in [-0.25, -0.2) is 14.6 Å². The average molecular weight is 468 g/mol. The first kappa shape index (κ1) is 21.0. The van der Waals surface area contributed by atoms with Gasteiger partial charge in [0, 0.05) is 38.7 Å². The maximum absolute atomic E-state index is 13.5. The van der Waals surface area contributed by atoms with Crippen molar-refractivity contribution >= 4 is 51.5 Å². The number of carbonyl (C=O) groups is 4. The van der Waals surface area contributed by atoms with Crippen LogP contribution in [0.1, 0.15) is 47.0 Å². The van der Waals surface area contributed by atoms with Crippen LogP contribution in [0.5, 0.6) is 0 Å². The molecule has 0 fully saturated rings. The summed E-state index contributed by atoms with van der Waals surface area (Å²) >= 11 is 0. The molecule has 4 aromatic carbocycles. The third-order valence-corrected chi connectivity index (χ3v) is 6.35. The minimum absolute atomic E-state index is 0.177. The van der Waals surface area contributed by atoms with E-state index in [1.165, 1.54) is 36.4 Å². The average Bonchev–Trinajstić information content (AvgIpc) is 2.91. The van der Waals surface area contributed by atoms with Crippen LogP contribution in [0.4, 0.5) is 17.1 Å². The molecule has 0 saturated carbocycles. The molecule has 0 radical (unpaired) electrons. The molecule has 4 amide bonds. The summed E-state index contributed by atoms with van der Waals surface area (Å²) in [7, 11) is 0. The van der Waals surface area contributed by atoms with Crippen LogP contribution in [0.2, 0.25) is 0 Å². The SMILES string of the molecule is [C-]#[N+]c1cccc(N2C(=O)c3ccc4c5c(ccc(c35)C2=O)C(=O)N(c2cccc(C#N)c2)C4=O)c1. The Labute approximate surface area is 204 Å². The van der Waals surface area contributed by atoms with E-state index in [1.54, 1.807) is 36.4 Å². The lowest BCUT2D eigenvalue weighted by molar-refractivity contribution is 0.0873. The lowest BCUT2D eigenvalue weighted by Gasteiger charge is -2.32. The maximum Gasteiger partial charge on any atom is 0.265 e. The molecule has 2 aliphatic rings. The maximum atomic E-state index is 13.5. The molecule has 168 valence electrons. The fraction of sp³-hybridized carbons (Fsp3) is 0. The minimum Gasteiger partial charge on any atom is -0.268 e. The third-order valence-electron chi connectivity index (χ3n) is 6.35. The molecule has 4 aromatic rings. The number of hydrogen-bond acceptors (Lipinski definition) is 5. The Kier molecular flexibility index (Phi) is 4.34. The van der Waals surface area contributed by atoms with Crippen molar-refractivity contribution in [3.63, 3.8) is 0 Å². The molecule has 0 unspecified atom stereocenters. The number of nitriles is 1. The van der Waals surface area contributed by atoms with Gasteiger partial charge in [0.25, 0.3) is 23.6 Å². The van der Waals surface area contributed by atoms with E-state index in [0.717, 1.165) is 9.80 Å². The summed E-state index contributed by atoms with van der Waals surface area (Å²) in [5.74, 6) is -2.44. The van der Waals surface area contributed by atoms with E-state index in [0.29, 0.717) is 5.56 Å². The summed E-state index contributed by atoms with van der Waals surface area (Å²) in [6.45, 7) is 7.23. The molecule has 0 spiro atoms. The Balaban J connectivity index is 1.55. The lowest BCUT2D eigenvalue weighted by atomic mass is 9.85. The minimum atomic E-state index is -0.613. The van der Waals surface area contributed by atoms with Gasteiger partial charge in [-0.1, -0.05) is 18.2 Å². The molecule has 6 rings (SSSR count). The monoisotopic (exact) mass is 468 g/mol. The Bertz CT molecular complexity index is 1610. The molecule has 0 saturated heterocycles. The van der Waals surface area contributed by atoms with E-state index >= 15 is 0 Å². The van der Waals surface area contributed by atoms with Crippen molar-refractivity contribution in [3.05, 3.63) is 112 Å². The van der Waals surface area contributed by atoms with Crippen LogP contribution in [0, 0.1) is 17.9 Å². The fourth-order valence-corrected chi connectivity index (χ4v) is 4.76. The second kappa shape index (κ2) is 7.45. The molecule has 0 N–H and O–H groups in total. The highest BCUT2D eigenvalue weighted by molar-refractivity contribution is 6.42. The predicted octanol–water partition coefficient (Wildman–Crippen LogP) is 4.86. The number of benzene rings is 4. The van der Waals surface area contributed by atoms with Crippen molar-refractivity contribution in [2.75, 3.05) is 9.80 Å². The summed E-state index contributed by atoms with van der Waals surface area (Å²) in [4.78, 5) is 59.3. The van der Waals surface area contributed by atoms with Crippen LogP contribution in [0.3, 0.4) is 0 Å². The van der Waals surface area contributed by atoms with Crippen molar-refractivity contribution in [1.82, 2.24) is 0 Å².